The van der Waals surface area contributed by atoms with Crippen LogP contribution in [0.25, 0.3) is 0 Å². The maximum atomic E-state index is 13.0. The lowest BCUT2D eigenvalue weighted by Crippen LogP contribution is -2.12. The molecule has 0 spiro atoms. The summed E-state index contributed by atoms with van der Waals surface area (Å²) in [5, 5.41) is 2.63. The largest absolute Gasteiger partial charge is 0.321 e. The van der Waals surface area contributed by atoms with Gasteiger partial charge in [-0.25, -0.2) is 8.78 Å². The zero-order valence-corrected chi connectivity index (χ0v) is 11.6. The summed E-state index contributed by atoms with van der Waals surface area (Å²) in [4.78, 5) is 11.9. The fourth-order valence-corrected chi connectivity index (χ4v) is 2.15. The predicted molar refractivity (Wildman–Crippen MR) is 73.2 cm³/mol. The number of carbonyl (C=O) groups is 1. The van der Waals surface area contributed by atoms with Gasteiger partial charge in [-0.05, 0) is 58.7 Å². The van der Waals surface area contributed by atoms with E-state index in [0.29, 0.717) is 5.69 Å². The van der Waals surface area contributed by atoms with Crippen molar-refractivity contribution in [2.24, 2.45) is 0 Å². The zero-order chi connectivity index (χ0) is 14.0. The third-order valence-corrected chi connectivity index (χ3v) is 3.21. The molecule has 98 valence electrons. The molecule has 2 aromatic rings. The highest BCUT2D eigenvalue weighted by Crippen LogP contribution is 2.24. The zero-order valence-electron chi connectivity index (χ0n) is 10.0. The second kappa shape index (κ2) is 5.48. The summed E-state index contributed by atoms with van der Waals surface area (Å²) in [7, 11) is 0. The van der Waals surface area contributed by atoms with Gasteiger partial charge in [-0.15, -0.1) is 0 Å². The maximum Gasteiger partial charge on any atom is 0.255 e. The molecule has 0 heterocycles. The Bertz CT molecular complexity index is 643. The minimum absolute atomic E-state index is 0.0615. The monoisotopic (exact) mass is 325 g/mol. The molecule has 0 aromatic heterocycles. The molecule has 0 aliphatic heterocycles. The molecule has 0 aliphatic carbocycles. The van der Waals surface area contributed by atoms with Crippen LogP contribution in [-0.4, -0.2) is 5.91 Å². The van der Waals surface area contributed by atoms with Gasteiger partial charge in [0.1, 0.15) is 0 Å². The van der Waals surface area contributed by atoms with Gasteiger partial charge in [0, 0.05) is 10.0 Å². The van der Waals surface area contributed by atoms with Gasteiger partial charge in [0.2, 0.25) is 0 Å². The van der Waals surface area contributed by atoms with Gasteiger partial charge in [0.15, 0.2) is 11.6 Å². The van der Waals surface area contributed by atoms with Crippen molar-refractivity contribution in [3.8, 4) is 0 Å². The van der Waals surface area contributed by atoms with Crippen LogP contribution in [0.2, 0.25) is 0 Å². The lowest BCUT2D eigenvalue weighted by molar-refractivity contribution is 0.102. The van der Waals surface area contributed by atoms with Crippen LogP contribution in [0.1, 0.15) is 15.9 Å². The fourth-order valence-electron chi connectivity index (χ4n) is 1.55. The highest BCUT2D eigenvalue weighted by molar-refractivity contribution is 9.10. The molecule has 0 unspecified atom stereocenters. The third-order valence-electron chi connectivity index (χ3n) is 2.55. The van der Waals surface area contributed by atoms with E-state index in [9.17, 15) is 13.6 Å². The second-order valence-corrected chi connectivity index (χ2v) is 4.92. The number of anilines is 1. The Morgan fingerprint density at radius 1 is 1.11 bits per heavy atom. The molecule has 5 heteroatoms. The number of rotatable bonds is 2. The van der Waals surface area contributed by atoms with Crippen LogP contribution < -0.4 is 5.32 Å². The molecule has 0 atom stereocenters. The highest BCUT2D eigenvalue weighted by atomic mass is 79.9. The average Bonchev–Trinajstić information content (AvgIpc) is 2.36. The number of benzene rings is 2. The molecule has 0 radical (unpaired) electrons. The van der Waals surface area contributed by atoms with Crippen LogP contribution in [0.4, 0.5) is 14.5 Å². The summed E-state index contributed by atoms with van der Waals surface area (Å²) in [5.41, 5.74) is 1.67. The van der Waals surface area contributed by atoms with Gasteiger partial charge < -0.3 is 5.32 Å². The van der Waals surface area contributed by atoms with Gasteiger partial charge >= 0.3 is 0 Å². The van der Waals surface area contributed by atoms with Crippen LogP contribution in [0.5, 0.6) is 0 Å². The first-order valence-corrected chi connectivity index (χ1v) is 6.29. The van der Waals surface area contributed by atoms with Crippen molar-refractivity contribution >= 4 is 27.5 Å². The van der Waals surface area contributed by atoms with Crippen LogP contribution in [0, 0.1) is 18.6 Å². The number of hydrogen-bond donors (Lipinski definition) is 1. The van der Waals surface area contributed by atoms with Crippen LogP contribution in [0.3, 0.4) is 0 Å². The van der Waals surface area contributed by atoms with Crippen molar-refractivity contribution in [1.82, 2.24) is 0 Å². The summed E-state index contributed by atoms with van der Waals surface area (Å²) in [5.74, 6) is -2.52. The Kier molecular flexibility index (Phi) is 3.95. The van der Waals surface area contributed by atoms with E-state index >= 15 is 0 Å². The summed E-state index contributed by atoms with van der Waals surface area (Å²) < 4.78 is 26.6. The van der Waals surface area contributed by atoms with E-state index in [1.54, 1.807) is 6.07 Å². The van der Waals surface area contributed by atoms with Crippen molar-refractivity contribution in [2.45, 2.75) is 6.92 Å². The fraction of sp³-hybridized carbons (Fsp3) is 0.0714. The lowest BCUT2D eigenvalue weighted by Gasteiger charge is -2.08. The van der Waals surface area contributed by atoms with E-state index in [1.165, 1.54) is 6.07 Å². The minimum atomic E-state index is -1.05. The summed E-state index contributed by atoms with van der Waals surface area (Å²) >= 11 is 3.33. The van der Waals surface area contributed by atoms with Crippen LogP contribution in [0.15, 0.2) is 40.9 Å². The first kappa shape index (κ1) is 13.7. The summed E-state index contributed by atoms with van der Waals surface area (Å²) in [6.45, 7) is 1.92. The number of halogens is 3. The Hall–Kier alpha value is -1.75. The standard InChI is InChI=1S/C14H10BrF2NO/c1-8-2-5-13(10(15)6-8)18-14(19)9-3-4-11(16)12(17)7-9/h2-7H,1H3,(H,18,19). The van der Waals surface area contributed by atoms with E-state index in [-0.39, 0.29) is 5.56 Å². The first-order valence-electron chi connectivity index (χ1n) is 5.50. The number of nitrogens with one attached hydrogen (secondary N) is 1. The maximum absolute atomic E-state index is 13.0. The van der Waals surface area contributed by atoms with Gasteiger partial charge in [-0.2, -0.15) is 0 Å². The normalized spacial score (nSPS) is 10.3. The van der Waals surface area contributed by atoms with Crippen LogP contribution >= 0.6 is 15.9 Å². The van der Waals surface area contributed by atoms with Gasteiger partial charge in [-0.3, -0.25) is 4.79 Å². The number of carbonyl (C=O) groups excluding carboxylic acids is 1. The predicted octanol–water partition coefficient (Wildman–Crippen LogP) is 4.29. The molecular weight excluding hydrogens is 316 g/mol. The first-order chi connectivity index (χ1) is 8.97. The molecule has 2 aromatic carbocycles. The smallest absolute Gasteiger partial charge is 0.255 e. The summed E-state index contributed by atoms with van der Waals surface area (Å²) in [6.07, 6.45) is 0. The Morgan fingerprint density at radius 2 is 1.84 bits per heavy atom. The lowest BCUT2D eigenvalue weighted by atomic mass is 10.2. The highest BCUT2D eigenvalue weighted by Gasteiger charge is 2.11. The molecular formula is C14H10BrF2NO. The number of amides is 1. The average molecular weight is 326 g/mol. The summed E-state index contributed by atoms with van der Waals surface area (Å²) in [6, 6.07) is 8.45. The van der Waals surface area contributed by atoms with E-state index in [2.05, 4.69) is 21.2 Å². The van der Waals surface area contributed by atoms with Crippen molar-refractivity contribution < 1.29 is 13.6 Å². The molecule has 19 heavy (non-hydrogen) atoms. The van der Waals surface area contributed by atoms with Gasteiger partial charge in [-0.1, -0.05) is 6.07 Å². The van der Waals surface area contributed by atoms with Crippen molar-refractivity contribution in [1.29, 1.82) is 0 Å². The van der Waals surface area contributed by atoms with E-state index in [4.69, 9.17) is 0 Å². The van der Waals surface area contributed by atoms with Crippen molar-refractivity contribution in [2.75, 3.05) is 5.32 Å². The van der Waals surface area contributed by atoms with Crippen molar-refractivity contribution in [3.63, 3.8) is 0 Å². The second-order valence-electron chi connectivity index (χ2n) is 4.07. The molecule has 0 aliphatic rings. The number of hydrogen-bond acceptors (Lipinski definition) is 1. The molecule has 0 saturated heterocycles. The van der Waals surface area contributed by atoms with E-state index in [0.717, 1.165) is 22.2 Å². The van der Waals surface area contributed by atoms with E-state index in [1.807, 2.05) is 19.1 Å². The molecule has 2 nitrogen and oxygen atoms in total. The van der Waals surface area contributed by atoms with Gasteiger partial charge in [0.25, 0.3) is 5.91 Å². The quantitative estimate of drug-likeness (QED) is 0.876. The minimum Gasteiger partial charge on any atom is -0.321 e. The van der Waals surface area contributed by atoms with E-state index < -0.39 is 17.5 Å². The molecule has 1 N–H and O–H groups in total. The Labute approximate surface area is 117 Å². The molecule has 2 rings (SSSR count). The molecule has 1 amide bonds. The van der Waals surface area contributed by atoms with Crippen molar-refractivity contribution in [3.05, 3.63) is 63.6 Å². The Balaban J connectivity index is 2.23. The molecule has 0 fully saturated rings. The van der Waals surface area contributed by atoms with Gasteiger partial charge in [0.05, 0.1) is 5.69 Å². The molecule has 0 saturated carbocycles. The topological polar surface area (TPSA) is 29.1 Å². The van der Waals surface area contributed by atoms with Crippen LogP contribution in [-0.2, 0) is 0 Å². The molecule has 0 bridgehead atoms. The third kappa shape index (κ3) is 3.17. The SMILES string of the molecule is Cc1ccc(NC(=O)c2ccc(F)c(F)c2)c(Br)c1. The Morgan fingerprint density at radius 3 is 2.47 bits per heavy atom. The number of aryl methyl sites for hydroxylation is 1.